The third kappa shape index (κ3) is 4.31. The van der Waals surface area contributed by atoms with E-state index in [4.69, 9.17) is 4.74 Å². The monoisotopic (exact) mass is 371 g/mol. The molecule has 1 atom stereocenters. The minimum Gasteiger partial charge on any atom is -0.461 e. The molecule has 0 aromatic heterocycles. The van der Waals surface area contributed by atoms with Crippen LogP contribution >= 0.6 is 22.6 Å². The first-order chi connectivity index (χ1) is 9.19. The number of esters is 1. The summed E-state index contributed by atoms with van der Waals surface area (Å²) in [4.78, 5) is 13.5. The van der Waals surface area contributed by atoms with Crippen LogP contribution in [-0.2, 0) is 16.1 Å². The Balaban J connectivity index is 1.89. The van der Waals surface area contributed by atoms with Gasteiger partial charge in [0.15, 0.2) is 0 Å². The van der Waals surface area contributed by atoms with Crippen molar-refractivity contribution >= 4 is 28.6 Å². The summed E-state index contributed by atoms with van der Waals surface area (Å²) in [6.07, 6.45) is 3.48. The van der Waals surface area contributed by atoms with Crippen molar-refractivity contribution in [2.24, 2.45) is 0 Å². The van der Waals surface area contributed by atoms with Crippen LogP contribution in [0.15, 0.2) is 36.9 Å². The number of nitrogens with zero attached hydrogens (tertiary/aromatic N) is 1. The van der Waals surface area contributed by atoms with Gasteiger partial charge < -0.3 is 4.74 Å². The maximum Gasteiger partial charge on any atom is 0.330 e. The summed E-state index contributed by atoms with van der Waals surface area (Å²) in [5.41, 5.74) is 1.31. The molecule has 102 valence electrons. The Hall–Kier alpha value is -0.880. The number of halogens is 1. The van der Waals surface area contributed by atoms with Gasteiger partial charge in [-0.05, 0) is 59.7 Å². The molecule has 1 fully saturated rings. The Bertz CT molecular complexity index is 444. The van der Waals surface area contributed by atoms with Crippen molar-refractivity contribution in [3.63, 3.8) is 0 Å². The smallest absolute Gasteiger partial charge is 0.330 e. The van der Waals surface area contributed by atoms with Crippen molar-refractivity contribution in [2.75, 3.05) is 13.2 Å². The summed E-state index contributed by atoms with van der Waals surface area (Å²) in [7, 11) is 0. The molecule has 2 rings (SSSR count). The van der Waals surface area contributed by atoms with Crippen LogP contribution in [0.5, 0.6) is 0 Å². The molecule has 19 heavy (non-hydrogen) atoms. The Labute approximate surface area is 127 Å². The molecule has 1 aromatic carbocycles. The summed E-state index contributed by atoms with van der Waals surface area (Å²) < 4.78 is 6.41. The van der Waals surface area contributed by atoms with E-state index in [9.17, 15) is 4.79 Å². The number of benzene rings is 1. The van der Waals surface area contributed by atoms with Gasteiger partial charge in [0.1, 0.15) is 6.61 Å². The SMILES string of the molecule is C=CC(=O)OC[C@@H]1CCCN1Cc1ccc(I)cc1. The second-order valence-electron chi connectivity index (χ2n) is 4.73. The van der Waals surface area contributed by atoms with E-state index in [0.29, 0.717) is 12.6 Å². The topological polar surface area (TPSA) is 29.5 Å². The normalized spacial score (nSPS) is 19.3. The zero-order chi connectivity index (χ0) is 13.7. The Morgan fingerprint density at radius 2 is 2.21 bits per heavy atom. The lowest BCUT2D eigenvalue weighted by Crippen LogP contribution is -2.33. The Morgan fingerprint density at radius 1 is 1.47 bits per heavy atom. The van der Waals surface area contributed by atoms with Gasteiger partial charge in [0, 0.05) is 22.2 Å². The molecule has 0 amide bonds. The first-order valence-electron chi connectivity index (χ1n) is 6.46. The molecular weight excluding hydrogens is 353 g/mol. The van der Waals surface area contributed by atoms with Crippen LogP contribution in [-0.4, -0.2) is 30.1 Å². The van der Waals surface area contributed by atoms with E-state index >= 15 is 0 Å². The van der Waals surface area contributed by atoms with Crippen molar-refractivity contribution in [1.29, 1.82) is 0 Å². The number of carbonyl (C=O) groups excluding carboxylic acids is 1. The predicted molar refractivity (Wildman–Crippen MR) is 83.7 cm³/mol. The summed E-state index contributed by atoms with van der Waals surface area (Å²) in [6.45, 7) is 5.88. The summed E-state index contributed by atoms with van der Waals surface area (Å²) in [5.74, 6) is -0.332. The molecule has 4 heteroatoms. The first-order valence-corrected chi connectivity index (χ1v) is 7.54. The molecule has 0 bridgehead atoms. The van der Waals surface area contributed by atoms with Gasteiger partial charge in [0.05, 0.1) is 0 Å². The molecule has 0 N–H and O–H groups in total. The molecule has 0 radical (unpaired) electrons. The quantitative estimate of drug-likeness (QED) is 0.453. The van der Waals surface area contributed by atoms with Gasteiger partial charge >= 0.3 is 5.97 Å². The molecule has 0 unspecified atom stereocenters. The number of hydrogen-bond donors (Lipinski definition) is 0. The van der Waals surface area contributed by atoms with Crippen LogP contribution in [0.25, 0.3) is 0 Å². The molecule has 1 aliphatic heterocycles. The van der Waals surface area contributed by atoms with Gasteiger partial charge in [0.25, 0.3) is 0 Å². The number of carbonyl (C=O) groups is 1. The van der Waals surface area contributed by atoms with E-state index in [1.54, 1.807) is 0 Å². The molecule has 1 aromatic rings. The average molecular weight is 371 g/mol. The molecule has 1 aliphatic rings. The highest BCUT2D eigenvalue weighted by molar-refractivity contribution is 14.1. The zero-order valence-corrected chi connectivity index (χ0v) is 13.0. The van der Waals surface area contributed by atoms with Crippen molar-refractivity contribution in [3.8, 4) is 0 Å². The molecule has 0 saturated carbocycles. The van der Waals surface area contributed by atoms with E-state index < -0.39 is 0 Å². The first kappa shape index (κ1) is 14.5. The third-order valence-electron chi connectivity index (χ3n) is 3.38. The van der Waals surface area contributed by atoms with Crippen LogP contribution in [0.3, 0.4) is 0 Å². The van der Waals surface area contributed by atoms with E-state index in [1.165, 1.54) is 21.6 Å². The van der Waals surface area contributed by atoms with Crippen LogP contribution < -0.4 is 0 Å². The van der Waals surface area contributed by atoms with Crippen LogP contribution in [0, 0.1) is 3.57 Å². The van der Waals surface area contributed by atoms with Gasteiger partial charge in [-0.1, -0.05) is 18.7 Å². The van der Waals surface area contributed by atoms with Gasteiger partial charge in [-0.2, -0.15) is 0 Å². The fourth-order valence-corrected chi connectivity index (χ4v) is 2.71. The standard InChI is InChI=1S/C15H18INO2/c1-2-15(18)19-11-14-4-3-9-17(14)10-12-5-7-13(16)8-6-12/h2,5-8,14H,1,3-4,9-11H2/t14-/m0/s1. The molecule has 3 nitrogen and oxygen atoms in total. The minimum atomic E-state index is -0.332. The lowest BCUT2D eigenvalue weighted by molar-refractivity contribution is -0.139. The van der Waals surface area contributed by atoms with Gasteiger partial charge in [-0.3, -0.25) is 4.90 Å². The molecular formula is C15H18INO2. The molecule has 0 spiro atoms. The van der Waals surface area contributed by atoms with Crippen molar-refractivity contribution in [3.05, 3.63) is 46.1 Å². The van der Waals surface area contributed by atoms with Gasteiger partial charge in [-0.25, -0.2) is 4.79 Å². The number of rotatable bonds is 5. The largest absolute Gasteiger partial charge is 0.461 e. The highest BCUT2D eigenvalue weighted by atomic mass is 127. The van der Waals surface area contributed by atoms with E-state index in [-0.39, 0.29) is 5.97 Å². The van der Waals surface area contributed by atoms with Crippen molar-refractivity contribution in [2.45, 2.75) is 25.4 Å². The van der Waals surface area contributed by atoms with E-state index in [0.717, 1.165) is 19.5 Å². The highest BCUT2D eigenvalue weighted by Gasteiger charge is 2.25. The third-order valence-corrected chi connectivity index (χ3v) is 4.10. The summed E-state index contributed by atoms with van der Waals surface area (Å²) >= 11 is 2.31. The number of hydrogen-bond acceptors (Lipinski definition) is 3. The summed E-state index contributed by atoms with van der Waals surface area (Å²) in [5, 5.41) is 0. The summed E-state index contributed by atoms with van der Waals surface area (Å²) in [6, 6.07) is 8.90. The van der Waals surface area contributed by atoms with Crippen molar-refractivity contribution < 1.29 is 9.53 Å². The lowest BCUT2D eigenvalue weighted by atomic mass is 10.2. The fraction of sp³-hybridized carbons (Fsp3) is 0.400. The lowest BCUT2D eigenvalue weighted by Gasteiger charge is -2.24. The highest BCUT2D eigenvalue weighted by Crippen LogP contribution is 2.20. The van der Waals surface area contributed by atoms with Gasteiger partial charge in [-0.15, -0.1) is 0 Å². The minimum absolute atomic E-state index is 0.332. The Morgan fingerprint density at radius 3 is 2.89 bits per heavy atom. The van der Waals surface area contributed by atoms with Crippen molar-refractivity contribution in [1.82, 2.24) is 4.90 Å². The predicted octanol–water partition coefficient (Wildman–Crippen LogP) is 2.98. The molecule has 0 aliphatic carbocycles. The zero-order valence-electron chi connectivity index (χ0n) is 10.8. The molecule has 1 saturated heterocycles. The fourth-order valence-electron chi connectivity index (χ4n) is 2.35. The maximum atomic E-state index is 11.1. The Kier molecular flexibility index (Phi) is 5.39. The average Bonchev–Trinajstić information content (AvgIpc) is 2.86. The van der Waals surface area contributed by atoms with Gasteiger partial charge in [0.2, 0.25) is 0 Å². The second-order valence-corrected chi connectivity index (χ2v) is 5.97. The second kappa shape index (κ2) is 7.05. The maximum absolute atomic E-state index is 11.1. The van der Waals surface area contributed by atoms with E-state index in [2.05, 4.69) is 58.3 Å². The number of ether oxygens (including phenoxy) is 1. The molecule has 1 heterocycles. The number of likely N-dealkylation sites (tertiary alicyclic amines) is 1. The van der Waals surface area contributed by atoms with E-state index in [1.807, 2.05) is 0 Å². The van der Waals surface area contributed by atoms with Crippen LogP contribution in [0.2, 0.25) is 0 Å². The van der Waals surface area contributed by atoms with Crippen LogP contribution in [0.1, 0.15) is 18.4 Å². The van der Waals surface area contributed by atoms with Crippen LogP contribution in [0.4, 0.5) is 0 Å².